The van der Waals surface area contributed by atoms with Crippen molar-refractivity contribution in [1.29, 1.82) is 0 Å². The molecule has 3 aromatic heterocycles. The van der Waals surface area contributed by atoms with Gasteiger partial charge in [0.15, 0.2) is 17.5 Å². The second kappa shape index (κ2) is 14.7. The average Bonchev–Trinajstić information content (AvgIpc) is 3.90. The van der Waals surface area contributed by atoms with Gasteiger partial charge in [0.05, 0.1) is 16.7 Å². The minimum absolute atomic E-state index is 0.578. The first-order valence-corrected chi connectivity index (χ1v) is 20.9. The Morgan fingerprint density at radius 3 is 1.60 bits per heavy atom. The Morgan fingerprint density at radius 1 is 0.323 bits per heavy atom. The number of benzene rings is 9. The van der Waals surface area contributed by atoms with Crippen molar-refractivity contribution in [2.45, 2.75) is 0 Å². The highest BCUT2D eigenvalue weighted by Crippen LogP contribution is 2.44. The molecule has 5 heteroatoms. The summed E-state index contributed by atoms with van der Waals surface area (Å²) in [6, 6.07) is 76.3. The summed E-state index contributed by atoms with van der Waals surface area (Å²) in [6.07, 6.45) is 0. The second-order valence-corrected chi connectivity index (χ2v) is 15.5. The Balaban J connectivity index is 1.01. The molecule has 0 spiro atoms. The number of fused-ring (bicyclic) bond motifs is 6. The van der Waals surface area contributed by atoms with Crippen LogP contribution in [0, 0.1) is 0 Å². The van der Waals surface area contributed by atoms with Gasteiger partial charge in [0.1, 0.15) is 11.2 Å². The Labute approximate surface area is 357 Å². The molecule has 0 aliphatic heterocycles. The van der Waals surface area contributed by atoms with E-state index in [2.05, 4.69) is 187 Å². The van der Waals surface area contributed by atoms with E-state index in [1.165, 1.54) is 27.4 Å². The number of aromatic nitrogens is 4. The number of hydrogen-bond acceptors (Lipinski definition) is 4. The number of hydrogen-bond donors (Lipinski definition) is 0. The molecule has 5 nitrogen and oxygen atoms in total. The summed E-state index contributed by atoms with van der Waals surface area (Å²) in [7, 11) is 0. The Hall–Kier alpha value is -8.41. The van der Waals surface area contributed by atoms with Crippen molar-refractivity contribution in [1.82, 2.24) is 19.5 Å². The van der Waals surface area contributed by atoms with Crippen LogP contribution in [-0.2, 0) is 0 Å². The van der Waals surface area contributed by atoms with Crippen LogP contribution >= 0.6 is 0 Å². The van der Waals surface area contributed by atoms with Crippen LogP contribution in [0.3, 0.4) is 0 Å². The quantitative estimate of drug-likeness (QED) is 0.161. The SMILES string of the molecule is c1ccc(-c2ccc(-c3nc(-c4ccccc4)nc(-c4ccc5c(c4)oc4cccc(-c6ccccc6-n6c7ccccc7c7cccc(-c8ccccc8)c76)c45)n3)cc2)cc1. The predicted octanol–water partition coefficient (Wildman–Crippen LogP) is 14.9. The fraction of sp³-hybridized carbons (Fsp3) is 0. The Kier molecular flexibility index (Phi) is 8.42. The summed E-state index contributed by atoms with van der Waals surface area (Å²) in [5, 5.41) is 4.52. The summed E-state index contributed by atoms with van der Waals surface area (Å²) in [6.45, 7) is 0. The molecule has 12 rings (SSSR count). The molecule has 0 saturated heterocycles. The van der Waals surface area contributed by atoms with Gasteiger partial charge in [-0.3, -0.25) is 0 Å². The van der Waals surface area contributed by atoms with Gasteiger partial charge in [0, 0.05) is 49.4 Å². The summed E-state index contributed by atoms with van der Waals surface area (Å²) >= 11 is 0. The zero-order valence-corrected chi connectivity index (χ0v) is 33.5. The highest BCUT2D eigenvalue weighted by molar-refractivity contribution is 6.16. The van der Waals surface area contributed by atoms with E-state index in [0.29, 0.717) is 17.5 Å². The molecule has 0 amide bonds. The van der Waals surface area contributed by atoms with Crippen molar-refractivity contribution < 1.29 is 4.42 Å². The van der Waals surface area contributed by atoms with Crippen molar-refractivity contribution in [3.8, 4) is 73.2 Å². The lowest BCUT2D eigenvalue weighted by atomic mass is 9.97. The van der Waals surface area contributed by atoms with E-state index in [9.17, 15) is 0 Å². The third-order valence-electron chi connectivity index (χ3n) is 11.9. The van der Waals surface area contributed by atoms with Gasteiger partial charge in [0.2, 0.25) is 0 Å². The maximum Gasteiger partial charge on any atom is 0.164 e. The van der Waals surface area contributed by atoms with E-state index < -0.39 is 0 Å². The van der Waals surface area contributed by atoms with Crippen molar-refractivity contribution in [3.63, 3.8) is 0 Å². The summed E-state index contributed by atoms with van der Waals surface area (Å²) in [5.74, 6) is 1.80. The number of para-hydroxylation sites is 3. The highest BCUT2D eigenvalue weighted by atomic mass is 16.3. The molecule has 9 aromatic carbocycles. The van der Waals surface area contributed by atoms with Gasteiger partial charge in [-0.25, -0.2) is 15.0 Å². The first-order valence-electron chi connectivity index (χ1n) is 20.9. The van der Waals surface area contributed by atoms with Gasteiger partial charge >= 0.3 is 0 Å². The van der Waals surface area contributed by atoms with Crippen LogP contribution in [-0.4, -0.2) is 19.5 Å². The zero-order chi connectivity index (χ0) is 41.0. The molecule has 0 N–H and O–H groups in total. The summed E-state index contributed by atoms with van der Waals surface area (Å²) in [4.78, 5) is 15.1. The second-order valence-electron chi connectivity index (χ2n) is 15.5. The van der Waals surface area contributed by atoms with Crippen LogP contribution in [0.5, 0.6) is 0 Å². The fourth-order valence-corrected chi connectivity index (χ4v) is 9.00. The molecule has 0 aliphatic carbocycles. The van der Waals surface area contributed by atoms with E-state index in [4.69, 9.17) is 19.4 Å². The number of nitrogens with zero attached hydrogens (tertiary/aromatic N) is 4. The molecule has 290 valence electrons. The third kappa shape index (κ3) is 5.98. The van der Waals surface area contributed by atoms with E-state index in [1.54, 1.807) is 0 Å². The molecular formula is C57H36N4O. The van der Waals surface area contributed by atoms with Gasteiger partial charge in [-0.05, 0) is 52.6 Å². The van der Waals surface area contributed by atoms with Gasteiger partial charge < -0.3 is 8.98 Å². The van der Waals surface area contributed by atoms with Crippen LogP contribution in [0.15, 0.2) is 223 Å². The predicted molar refractivity (Wildman–Crippen MR) is 254 cm³/mol. The van der Waals surface area contributed by atoms with E-state index in [1.807, 2.05) is 36.4 Å². The normalized spacial score (nSPS) is 11.5. The molecule has 0 bridgehead atoms. The molecule has 0 radical (unpaired) electrons. The summed E-state index contributed by atoms with van der Waals surface area (Å²) < 4.78 is 9.18. The van der Waals surface area contributed by atoms with Crippen molar-refractivity contribution in [2.24, 2.45) is 0 Å². The molecule has 12 aromatic rings. The van der Waals surface area contributed by atoms with Crippen molar-refractivity contribution >= 4 is 43.7 Å². The Morgan fingerprint density at radius 2 is 0.839 bits per heavy atom. The maximum absolute atomic E-state index is 6.73. The van der Waals surface area contributed by atoms with E-state index >= 15 is 0 Å². The van der Waals surface area contributed by atoms with Gasteiger partial charge in [-0.1, -0.05) is 188 Å². The lowest BCUT2D eigenvalue weighted by molar-refractivity contribution is 0.669. The Bertz CT molecular complexity index is 3610. The largest absolute Gasteiger partial charge is 0.456 e. The lowest BCUT2D eigenvalue weighted by Crippen LogP contribution is -2.00. The summed E-state index contributed by atoms with van der Waals surface area (Å²) in [5.41, 5.74) is 14.6. The van der Waals surface area contributed by atoms with E-state index in [0.717, 1.165) is 72.1 Å². The molecule has 0 fully saturated rings. The topological polar surface area (TPSA) is 56.7 Å². The first-order chi connectivity index (χ1) is 30.7. The minimum Gasteiger partial charge on any atom is -0.456 e. The number of furan rings is 1. The van der Waals surface area contributed by atoms with Crippen LogP contribution in [0.25, 0.3) is 117 Å². The average molecular weight is 793 g/mol. The third-order valence-corrected chi connectivity index (χ3v) is 11.9. The van der Waals surface area contributed by atoms with Gasteiger partial charge in [-0.2, -0.15) is 0 Å². The molecule has 3 heterocycles. The van der Waals surface area contributed by atoms with Gasteiger partial charge in [0.25, 0.3) is 0 Å². The van der Waals surface area contributed by atoms with Gasteiger partial charge in [-0.15, -0.1) is 0 Å². The van der Waals surface area contributed by atoms with Crippen LogP contribution < -0.4 is 0 Å². The zero-order valence-electron chi connectivity index (χ0n) is 33.5. The first kappa shape index (κ1) is 35.5. The lowest BCUT2D eigenvalue weighted by Gasteiger charge is -2.16. The monoisotopic (exact) mass is 792 g/mol. The van der Waals surface area contributed by atoms with E-state index in [-0.39, 0.29) is 0 Å². The molecule has 0 aliphatic rings. The minimum atomic E-state index is 0.578. The molecule has 62 heavy (non-hydrogen) atoms. The smallest absolute Gasteiger partial charge is 0.164 e. The molecular weight excluding hydrogens is 757 g/mol. The highest BCUT2D eigenvalue weighted by Gasteiger charge is 2.22. The van der Waals surface area contributed by atoms with Crippen LogP contribution in [0.4, 0.5) is 0 Å². The number of rotatable bonds is 7. The van der Waals surface area contributed by atoms with Crippen molar-refractivity contribution in [2.75, 3.05) is 0 Å². The maximum atomic E-state index is 6.73. The van der Waals surface area contributed by atoms with Crippen molar-refractivity contribution in [3.05, 3.63) is 218 Å². The molecule has 0 unspecified atom stereocenters. The fourth-order valence-electron chi connectivity index (χ4n) is 9.00. The molecule has 0 saturated carbocycles. The molecule has 0 atom stereocenters. The van der Waals surface area contributed by atoms with Crippen LogP contribution in [0.2, 0.25) is 0 Å². The standard InChI is InChI=1S/C57H36N4O/c1-4-16-37(17-5-1)38-30-32-41(33-31-38)56-58-55(40-20-8-3-9-21-40)59-57(60-56)42-34-35-48-52(36-42)62-51-29-15-25-46(53(48)51)44-22-10-12-27-49(44)61-50-28-13-11-23-45(50)47-26-14-24-43(54(47)61)39-18-6-2-7-19-39/h1-36H. The van der Waals surface area contributed by atoms with Crippen LogP contribution in [0.1, 0.15) is 0 Å².